The summed E-state index contributed by atoms with van der Waals surface area (Å²) in [6.07, 6.45) is 3.79. The number of carbonyl (C=O) groups is 1. The molecule has 6 nitrogen and oxygen atoms in total. The van der Waals surface area contributed by atoms with Crippen molar-refractivity contribution in [1.82, 2.24) is 0 Å². The van der Waals surface area contributed by atoms with Gasteiger partial charge in [-0.15, -0.1) is 6.58 Å². The number of phenolic OH excluding ortho intramolecular Hbond substituents is 1. The van der Waals surface area contributed by atoms with E-state index in [0.717, 1.165) is 14.7 Å². The zero-order chi connectivity index (χ0) is 25.2. The molecule has 7 heteroatoms. The summed E-state index contributed by atoms with van der Waals surface area (Å²) in [6, 6.07) is 19.7. The highest BCUT2D eigenvalue weighted by molar-refractivity contribution is 14.1. The number of ether oxygens (including phenoxy) is 2. The van der Waals surface area contributed by atoms with Crippen LogP contribution >= 0.6 is 22.6 Å². The smallest absolute Gasteiger partial charge is 0.266 e. The molecule has 0 bridgehead atoms. The minimum Gasteiger partial charge on any atom is -0.508 e. The Bertz CT molecular complexity index is 1260. The first-order valence-corrected chi connectivity index (χ1v) is 12.0. The van der Waals surface area contributed by atoms with Gasteiger partial charge in [-0.1, -0.05) is 18.2 Å². The molecule has 0 aromatic heterocycles. The quantitative estimate of drug-likeness (QED) is 0.0973. The van der Waals surface area contributed by atoms with Crippen LogP contribution in [0.4, 0.5) is 5.69 Å². The van der Waals surface area contributed by atoms with Crippen LogP contribution in [0.2, 0.25) is 0 Å². The molecule has 0 unspecified atom stereocenters. The second-order valence-corrected chi connectivity index (χ2v) is 8.76. The number of anilines is 1. The summed E-state index contributed by atoms with van der Waals surface area (Å²) < 4.78 is 13.2. The average molecular weight is 580 g/mol. The molecule has 3 aromatic carbocycles. The number of nitrogens with one attached hydrogen (secondary N) is 1. The molecular formula is C28H25IN2O4. The number of nitrogens with zero attached hydrogens (tertiary/aromatic N) is 1. The minimum absolute atomic E-state index is 0.0716. The molecular weight excluding hydrogens is 555 g/mol. The van der Waals surface area contributed by atoms with Crippen LogP contribution in [0, 0.1) is 14.9 Å². The average Bonchev–Trinajstić information content (AvgIpc) is 2.85. The highest BCUT2D eigenvalue weighted by Gasteiger charge is 2.15. The normalized spacial score (nSPS) is 10.8. The van der Waals surface area contributed by atoms with Crippen LogP contribution in [0.3, 0.4) is 0 Å². The molecule has 0 heterocycles. The molecule has 0 fully saturated rings. The minimum atomic E-state index is -0.555. The third-order valence-electron chi connectivity index (χ3n) is 4.92. The van der Waals surface area contributed by atoms with Crippen LogP contribution < -0.4 is 14.8 Å². The topological polar surface area (TPSA) is 91.6 Å². The molecule has 0 spiro atoms. The number of allylic oxidation sites excluding steroid dienone is 1. The van der Waals surface area contributed by atoms with Crippen molar-refractivity contribution < 1.29 is 19.4 Å². The van der Waals surface area contributed by atoms with Crippen molar-refractivity contribution >= 4 is 40.3 Å². The SMILES string of the molecule is C=CCc1cc(/C=C(/C#N)C(=O)Nc2ccc(O)cc2)cc(OCC)c1OCc1ccc(I)cc1. The van der Waals surface area contributed by atoms with Gasteiger partial charge in [-0.3, -0.25) is 4.79 Å². The second kappa shape index (κ2) is 12.6. The maximum atomic E-state index is 12.7. The number of phenols is 1. The van der Waals surface area contributed by atoms with Crippen molar-refractivity contribution in [2.24, 2.45) is 0 Å². The number of hydrogen-bond donors (Lipinski definition) is 2. The molecule has 0 saturated carbocycles. The first-order chi connectivity index (χ1) is 16.9. The van der Waals surface area contributed by atoms with Crippen molar-refractivity contribution in [3.63, 3.8) is 0 Å². The van der Waals surface area contributed by atoms with E-state index < -0.39 is 5.91 Å². The van der Waals surface area contributed by atoms with E-state index in [2.05, 4.69) is 34.5 Å². The third-order valence-corrected chi connectivity index (χ3v) is 5.64. The molecule has 3 aromatic rings. The summed E-state index contributed by atoms with van der Waals surface area (Å²) in [5, 5.41) is 21.7. The molecule has 178 valence electrons. The molecule has 0 saturated heterocycles. The Labute approximate surface area is 218 Å². The standard InChI is InChI=1S/C28H25IN2O4/c1-3-5-21-14-20(15-22(17-30)28(33)31-24-10-12-25(32)13-11-24)16-26(34-4-2)27(21)35-18-19-6-8-23(29)9-7-19/h3,6-16,32H,1,4-5,18H2,2H3,(H,31,33)/b22-15-. The van der Waals surface area contributed by atoms with Crippen molar-refractivity contribution in [3.05, 3.63) is 99.2 Å². The second-order valence-electron chi connectivity index (χ2n) is 7.52. The van der Waals surface area contributed by atoms with Crippen molar-refractivity contribution in [1.29, 1.82) is 5.26 Å². The van der Waals surface area contributed by atoms with E-state index in [1.54, 1.807) is 24.3 Å². The number of benzene rings is 3. The van der Waals surface area contributed by atoms with Crippen LogP contribution in [0.1, 0.15) is 23.6 Å². The first kappa shape index (κ1) is 25.8. The molecule has 0 aliphatic carbocycles. The van der Waals surface area contributed by atoms with Gasteiger partial charge in [0.25, 0.3) is 5.91 Å². The molecule has 2 N–H and O–H groups in total. The number of aromatic hydroxyl groups is 1. The van der Waals surface area contributed by atoms with Gasteiger partial charge in [-0.2, -0.15) is 5.26 Å². The summed E-state index contributed by atoms with van der Waals surface area (Å²) in [6.45, 7) is 6.51. The Kier molecular flexibility index (Phi) is 9.32. The largest absolute Gasteiger partial charge is 0.508 e. The van der Waals surface area contributed by atoms with E-state index in [0.29, 0.717) is 42.4 Å². The summed E-state index contributed by atoms with van der Waals surface area (Å²) in [5.41, 5.74) is 2.88. The molecule has 0 radical (unpaired) electrons. The van der Waals surface area contributed by atoms with Crippen molar-refractivity contribution in [2.75, 3.05) is 11.9 Å². The zero-order valence-electron chi connectivity index (χ0n) is 19.3. The number of nitriles is 1. The lowest BCUT2D eigenvalue weighted by Crippen LogP contribution is -2.13. The van der Waals surface area contributed by atoms with Gasteiger partial charge < -0.3 is 19.9 Å². The Morgan fingerprint density at radius 1 is 1.14 bits per heavy atom. The maximum absolute atomic E-state index is 12.7. The van der Waals surface area contributed by atoms with Gasteiger partial charge in [0.2, 0.25) is 0 Å². The van der Waals surface area contributed by atoms with Gasteiger partial charge in [-0.25, -0.2) is 0 Å². The predicted molar refractivity (Wildman–Crippen MR) is 145 cm³/mol. The van der Waals surface area contributed by atoms with Gasteiger partial charge in [0, 0.05) is 14.8 Å². The number of hydrogen-bond acceptors (Lipinski definition) is 5. The lowest BCUT2D eigenvalue weighted by Gasteiger charge is -2.17. The van der Waals surface area contributed by atoms with E-state index >= 15 is 0 Å². The Morgan fingerprint density at radius 3 is 2.49 bits per heavy atom. The number of amides is 1. The Balaban J connectivity index is 1.91. The molecule has 1 amide bonds. The van der Waals surface area contributed by atoms with Crippen LogP contribution in [-0.2, 0) is 17.8 Å². The summed E-state index contributed by atoms with van der Waals surface area (Å²) in [7, 11) is 0. The van der Waals surface area contributed by atoms with Gasteiger partial charge in [-0.05, 0) is 102 Å². The predicted octanol–water partition coefficient (Wildman–Crippen LogP) is 6.25. The van der Waals surface area contributed by atoms with Gasteiger partial charge in [0.15, 0.2) is 11.5 Å². The highest BCUT2D eigenvalue weighted by Crippen LogP contribution is 2.35. The van der Waals surface area contributed by atoms with E-state index in [-0.39, 0.29) is 11.3 Å². The number of rotatable bonds is 10. The maximum Gasteiger partial charge on any atom is 0.266 e. The van der Waals surface area contributed by atoms with Gasteiger partial charge in [0.05, 0.1) is 6.61 Å². The van der Waals surface area contributed by atoms with Crippen LogP contribution in [0.25, 0.3) is 6.08 Å². The zero-order valence-corrected chi connectivity index (χ0v) is 21.4. The van der Waals surface area contributed by atoms with Gasteiger partial charge >= 0.3 is 0 Å². The van der Waals surface area contributed by atoms with E-state index in [4.69, 9.17) is 9.47 Å². The summed E-state index contributed by atoms with van der Waals surface area (Å²) in [5.74, 6) is 0.663. The fourth-order valence-electron chi connectivity index (χ4n) is 3.30. The molecule has 0 aliphatic rings. The molecule has 0 aliphatic heterocycles. The molecule has 35 heavy (non-hydrogen) atoms. The van der Waals surface area contributed by atoms with E-state index in [9.17, 15) is 15.2 Å². The van der Waals surface area contributed by atoms with Gasteiger partial charge in [0.1, 0.15) is 24.0 Å². The van der Waals surface area contributed by atoms with Crippen LogP contribution in [0.5, 0.6) is 17.2 Å². The lowest BCUT2D eigenvalue weighted by atomic mass is 10.0. The monoisotopic (exact) mass is 580 g/mol. The number of carbonyl (C=O) groups excluding carboxylic acids is 1. The lowest BCUT2D eigenvalue weighted by molar-refractivity contribution is -0.112. The summed E-state index contributed by atoms with van der Waals surface area (Å²) >= 11 is 2.26. The Hall–Kier alpha value is -3.77. The number of halogens is 1. The fourth-order valence-corrected chi connectivity index (χ4v) is 3.65. The summed E-state index contributed by atoms with van der Waals surface area (Å²) in [4.78, 5) is 12.7. The van der Waals surface area contributed by atoms with Crippen molar-refractivity contribution in [2.45, 2.75) is 20.0 Å². The van der Waals surface area contributed by atoms with Crippen molar-refractivity contribution in [3.8, 4) is 23.3 Å². The third kappa shape index (κ3) is 7.36. The van der Waals surface area contributed by atoms with Crippen LogP contribution in [-0.4, -0.2) is 17.6 Å². The molecule has 0 atom stereocenters. The molecule has 3 rings (SSSR count). The fraction of sp³-hybridized carbons (Fsp3) is 0.143. The van der Waals surface area contributed by atoms with Crippen LogP contribution in [0.15, 0.2) is 78.9 Å². The Morgan fingerprint density at radius 2 is 1.86 bits per heavy atom. The van der Waals surface area contributed by atoms with E-state index in [1.165, 1.54) is 18.2 Å². The van der Waals surface area contributed by atoms with E-state index in [1.807, 2.05) is 43.3 Å². The first-order valence-electron chi connectivity index (χ1n) is 10.9. The highest BCUT2D eigenvalue weighted by atomic mass is 127.